The van der Waals surface area contributed by atoms with Gasteiger partial charge in [-0.3, -0.25) is 4.72 Å². The lowest BCUT2D eigenvalue weighted by atomic mass is 10.1. The Kier molecular flexibility index (Phi) is 5.99. The molecule has 2 aromatic rings. The number of hydrogen-bond acceptors (Lipinski definition) is 7. The molecule has 0 atom stereocenters. The zero-order chi connectivity index (χ0) is 21.1. The fraction of sp³-hybridized carbons (Fsp3) is 0.118. The molecule has 0 heterocycles. The van der Waals surface area contributed by atoms with Gasteiger partial charge < -0.3 is 14.6 Å². The van der Waals surface area contributed by atoms with Crippen LogP contribution in [0.5, 0.6) is 0 Å². The fourth-order valence-electron chi connectivity index (χ4n) is 2.21. The van der Waals surface area contributed by atoms with Crippen LogP contribution in [0.2, 0.25) is 0 Å². The Hall–Kier alpha value is -3.47. The number of methoxy groups -OCH3 is 2. The van der Waals surface area contributed by atoms with E-state index in [0.717, 1.165) is 44.6 Å². The van der Waals surface area contributed by atoms with Crippen LogP contribution in [0.25, 0.3) is 0 Å². The molecule has 9 nitrogen and oxygen atoms in total. The molecule has 0 saturated heterocycles. The molecule has 0 aromatic heterocycles. The van der Waals surface area contributed by atoms with E-state index in [2.05, 4.69) is 9.47 Å². The normalized spacial score (nSPS) is 10.8. The minimum atomic E-state index is -4.46. The summed E-state index contributed by atoms with van der Waals surface area (Å²) in [4.78, 5) is 34.3. The Morgan fingerprint density at radius 2 is 1.50 bits per heavy atom. The number of rotatable bonds is 6. The van der Waals surface area contributed by atoms with Crippen LogP contribution in [-0.4, -0.2) is 45.7 Å². The summed E-state index contributed by atoms with van der Waals surface area (Å²) < 4.78 is 49.7. The van der Waals surface area contributed by atoms with Crippen LogP contribution in [-0.2, 0) is 19.5 Å². The van der Waals surface area contributed by atoms with Crippen LogP contribution in [0.4, 0.5) is 10.1 Å². The van der Waals surface area contributed by atoms with Crippen molar-refractivity contribution in [1.29, 1.82) is 0 Å². The number of nitrogens with one attached hydrogen (secondary N) is 1. The average molecular weight is 411 g/mol. The molecule has 0 saturated carbocycles. The van der Waals surface area contributed by atoms with Gasteiger partial charge in [-0.05, 0) is 36.4 Å². The summed E-state index contributed by atoms with van der Waals surface area (Å²) in [6.07, 6.45) is 0. The number of carbonyl (C=O) groups excluding carboxylic acids is 2. The lowest BCUT2D eigenvalue weighted by Crippen LogP contribution is -2.17. The molecule has 0 unspecified atom stereocenters. The van der Waals surface area contributed by atoms with E-state index >= 15 is 0 Å². The number of aromatic carboxylic acids is 1. The number of carbonyl (C=O) groups is 3. The number of sulfonamides is 1. The van der Waals surface area contributed by atoms with Gasteiger partial charge in [0.1, 0.15) is 5.82 Å². The van der Waals surface area contributed by atoms with Crippen LogP contribution in [0, 0.1) is 5.82 Å². The first-order chi connectivity index (χ1) is 13.1. The van der Waals surface area contributed by atoms with Gasteiger partial charge in [0, 0.05) is 0 Å². The van der Waals surface area contributed by atoms with Gasteiger partial charge in [0.15, 0.2) is 0 Å². The summed E-state index contributed by atoms with van der Waals surface area (Å²) in [5, 5.41) is 9.13. The molecular weight excluding hydrogens is 397 g/mol. The van der Waals surface area contributed by atoms with E-state index in [1.54, 1.807) is 0 Å². The van der Waals surface area contributed by atoms with Crippen LogP contribution in [0.1, 0.15) is 31.1 Å². The zero-order valence-electron chi connectivity index (χ0n) is 14.6. The number of anilines is 1. The highest BCUT2D eigenvalue weighted by Crippen LogP contribution is 2.23. The SMILES string of the molecule is COC(=O)c1cc(C(=O)OC)cc(S(=O)(=O)Nc2ccc(F)cc2C(=O)O)c1. The molecule has 0 fully saturated rings. The molecular formula is C17H14FNO8S. The molecule has 0 aliphatic rings. The average Bonchev–Trinajstić information content (AvgIpc) is 2.67. The third-order valence-corrected chi connectivity index (χ3v) is 4.86. The van der Waals surface area contributed by atoms with Crippen LogP contribution in [0.15, 0.2) is 41.3 Å². The Morgan fingerprint density at radius 1 is 0.964 bits per heavy atom. The molecule has 0 amide bonds. The van der Waals surface area contributed by atoms with E-state index in [4.69, 9.17) is 5.11 Å². The molecule has 148 valence electrons. The standard InChI is InChI=1S/C17H14FNO8S/c1-26-16(22)9-5-10(17(23)27-2)7-12(6-9)28(24,25)19-14-4-3-11(18)8-13(14)15(20)21/h3-8,19H,1-2H3,(H,20,21). The molecule has 0 radical (unpaired) electrons. The smallest absolute Gasteiger partial charge is 0.337 e. The second-order valence-electron chi connectivity index (χ2n) is 5.33. The quantitative estimate of drug-likeness (QED) is 0.688. The molecule has 2 N–H and O–H groups in total. The number of carboxylic acids is 1. The maximum absolute atomic E-state index is 13.3. The van der Waals surface area contributed by atoms with Crippen molar-refractivity contribution in [1.82, 2.24) is 0 Å². The van der Waals surface area contributed by atoms with Gasteiger partial charge in [-0.1, -0.05) is 0 Å². The number of hydrogen-bond donors (Lipinski definition) is 2. The maximum atomic E-state index is 13.3. The van der Waals surface area contributed by atoms with Gasteiger partial charge in [0.25, 0.3) is 10.0 Å². The molecule has 0 aliphatic heterocycles. The Morgan fingerprint density at radius 3 is 1.96 bits per heavy atom. The van der Waals surface area contributed by atoms with E-state index in [1.165, 1.54) is 0 Å². The summed E-state index contributed by atoms with van der Waals surface area (Å²) in [5.41, 5.74) is -1.52. The van der Waals surface area contributed by atoms with Gasteiger partial charge in [0.05, 0.1) is 41.5 Å². The predicted molar refractivity (Wildman–Crippen MR) is 93.3 cm³/mol. The Balaban J connectivity index is 2.58. The van der Waals surface area contributed by atoms with Gasteiger partial charge in [0.2, 0.25) is 0 Å². The number of ether oxygens (including phenoxy) is 2. The topological polar surface area (TPSA) is 136 Å². The van der Waals surface area contributed by atoms with Crippen molar-refractivity contribution in [3.63, 3.8) is 0 Å². The molecule has 0 spiro atoms. The summed E-state index contributed by atoms with van der Waals surface area (Å²) in [7, 11) is -2.33. The van der Waals surface area contributed by atoms with E-state index < -0.39 is 49.9 Å². The van der Waals surface area contributed by atoms with Gasteiger partial charge in [-0.2, -0.15) is 0 Å². The van der Waals surface area contributed by atoms with Crippen molar-refractivity contribution < 1.29 is 41.8 Å². The van der Waals surface area contributed by atoms with E-state index in [0.29, 0.717) is 6.07 Å². The summed E-state index contributed by atoms with van der Waals surface area (Å²) in [5.74, 6) is -4.25. The van der Waals surface area contributed by atoms with Gasteiger partial charge in [-0.25, -0.2) is 27.2 Å². The summed E-state index contributed by atoms with van der Waals surface area (Å²) >= 11 is 0. The van der Waals surface area contributed by atoms with Crippen LogP contribution in [0.3, 0.4) is 0 Å². The second-order valence-corrected chi connectivity index (χ2v) is 7.01. The van der Waals surface area contributed by atoms with Crippen molar-refractivity contribution in [2.24, 2.45) is 0 Å². The highest BCUT2D eigenvalue weighted by molar-refractivity contribution is 7.92. The number of halogens is 1. The van der Waals surface area contributed by atoms with E-state index in [-0.39, 0.29) is 11.1 Å². The monoisotopic (exact) mass is 411 g/mol. The largest absolute Gasteiger partial charge is 0.478 e. The third kappa shape index (κ3) is 4.43. The minimum absolute atomic E-state index is 0.247. The first-order valence-electron chi connectivity index (χ1n) is 7.46. The van der Waals surface area contributed by atoms with Crippen molar-refractivity contribution in [3.8, 4) is 0 Å². The fourth-order valence-corrected chi connectivity index (χ4v) is 3.36. The highest BCUT2D eigenvalue weighted by Gasteiger charge is 2.23. The first-order valence-corrected chi connectivity index (χ1v) is 8.94. The number of esters is 2. The first kappa shape index (κ1) is 20.8. The van der Waals surface area contributed by atoms with Crippen molar-refractivity contribution in [2.75, 3.05) is 18.9 Å². The lowest BCUT2D eigenvalue weighted by Gasteiger charge is -2.12. The molecule has 2 rings (SSSR count). The van der Waals surface area contributed by atoms with Crippen LogP contribution < -0.4 is 4.72 Å². The molecule has 2 aromatic carbocycles. The number of benzene rings is 2. The minimum Gasteiger partial charge on any atom is -0.478 e. The van der Waals surface area contributed by atoms with Crippen molar-refractivity contribution >= 4 is 33.6 Å². The van der Waals surface area contributed by atoms with Gasteiger partial charge in [-0.15, -0.1) is 0 Å². The molecule has 28 heavy (non-hydrogen) atoms. The summed E-state index contributed by atoms with van der Waals surface area (Å²) in [6, 6.07) is 5.40. The molecule has 11 heteroatoms. The maximum Gasteiger partial charge on any atom is 0.337 e. The Labute approximate surface area is 158 Å². The Bertz CT molecular complexity index is 1030. The lowest BCUT2D eigenvalue weighted by molar-refractivity contribution is 0.0597. The zero-order valence-corrected chi connectivity index (χ0v) is 15.4. The van der Waals surface area contributed by atoms with Crippen LogP contribution >= 0.6 is 0 Å². The number of carboxylic acid groups (broad SMARTS) is 1. The highest BCUT2D eigenvalue weighted by atomic mass is 32.2. The molecule has 0 aliphatic carbocycles. The van der Waals surface area contributed by atoms with Crippen molar-refractivity contribution in [3.05, 3.63) is 58.9 Å². The van der Waals surface area contributed by atoms with E-state index in [9.17, 15) is 27.2 Å². The van der Waals surface area contributed by atoms with Crippen molar-refractivity contribution in [2.45, 2.75) is 4.90 Å². The summed E-state index contributed by atoms with van der Waals surface area (Å²) in [6.45, 7) is 0. The third-order valence-electron chi connectivity index (χ3n) is 3.52. The van der Waals surface area contributed by atoms with E-state index in [1.807, 2.05) is 4.72 Å². The molecule has 0 bridgehead atoms. The second kappa shape index (κ2) is 8.05. The van der Waals surface area contributed by atoms with Gasteiger partial charge >= 0.3 is 17.9 Å². The predicted octanol–water partition coefficient (Wildman–Crippen LogP) is 1.90.